The predicted molar refractivity (Wildman–Crippen MR) is 33.6 cm³/mol. The number of allylic oxidation sites excluding steroid dienone is 2. The summed E-state index contributed by atoms with van der Waals surface area (Å²) in [6, 6.07) is 0. The van der Waals surface area contributed by atoms with Gasteiger partial charge < -0.3 is 5.11 Å². The van der Waals surface area contributed by atoms with E-state index in [9.17, 15) is 13.2 Å². The number of halogens is 3. The Labute approximate surface area is 61.8 Å². The minimum atomic E-state index is -4.63. The van der Waals surface area contributed by atoms with E-state index in [0.717, 1.165) is 12.2 Å². The van der Waals surface area contributed by atoms with Crippen molar-refractivity contribution >= 4 is 0 Å². The first-order valence-corrected chi connectivity index (χ1v) is 2.95. The molecule has 0 saturated carbocycles. The van der Waals surface area contributed by atoms with E-state index in [1.165, 1.54) is 6.08 Å². The number of rotatable bonds is 0. The van der Waals surface area contributed by atoms with E-state index >= 15 is 0 Å². The third-order valence-corrected chi connectivity index (χ3v) is 1.38. The molecule has 0 aromatic heterocycles. The first-order chi connectivity index (χ1) is 4.96. The molecule has 0 aromatic carbocycles. The first-order valence-electron chi connectivity index (χ1n) is 2.95. The molecule has 1 unspecified atom stereocenters. The Kier molecular flexibility index (Phi) is 1.80. The van der Waals surface area contributed by atoms with Crippen LogP contribution in [0.5, 0.6) is 0 Å². The second kappa shape index (κ2) is 2.37. The normalized spacial score (nSPS) is 30.9. The largest absolute Gasteiger partial charge is 0.421 e. The van der Waals surface area contributed by atoms with Crippen molar-refractivity contribution in [1.82, 2.24) is 0 Å². The molecule has 1 aliphatic carbocycles. The average Bonchev–Trinajstić information content (AvgIpc) is 1.87. The van der Waals surface area contributed by atoms with Gasteiger partial charge in [0.05, 0.1) is 0 Å². The van der Waals surface area contributed by atoms with Crippen LogP contribution in [0.4, 0.5) is 13.2 Å². The summed E-state index contributed by atoms with van der Waals surface area (Å²) >= 11 is 0. The molecule has 0 amide bonds. The van der Waals surface area contributed by atoms with Gasteiger partial charge >= 0.3 is 6.18 Å². The average molecular weight is 163 g/mol. The van der Waals surface area contributed by atoms with E-state index in [4.69, 9.17) is 5.11 Å². The van der Waals surface area contributed by atoms with Gasteiger partial charge in [0.15, 0.2) is 5.60 Å². The zero-order valence-corrected chi connectivity index (χ0v) is 5.47. The molecule has 1 nitrogen and oxygen atoms in total. The van der Waals surface area contributed by atoms with Gasteiger partial charge in [-0.25, -0.2) is 0 Å². The lowest BCUT2D eigenvalue weighted by Crippen LogP contribution is -2.43. The second-order valence-corrected chi connectivity index (χ2v) is 2.23. The van der Waals surface area contributed by atoms with E-state index < -0.39 is 11.8 Å². The fourth-order valence-electron chi connectivity index (χ4n) is 0.713. The smallest absolute Gasteiger partial charge is 0.376 e. The first kappa shape index (κ1) is 8.33. The Morgan fingerprint density at radius 1 is 1.09 bits per heavy atom. The molecule has 0 saturated heterocycles. The maximum atomic E-state index is 12.0. The minimum absolute atomic E-state index is 0.701. The summed E-state index contributed by atoms with van der Waals surface area (Å²) in [6.07, 6.45) is 0.509. The molecule has 0 aromatic rings. The Hall–Kier alpha value is -0.770. The molecule has 61 valence electrons. The number of hydrogen-bond acceptors (Lipinski definition) is 1. The molecule has 11 heavy (non-hydrogen) atoms. The van der Waals surface area contributed by atoms with Crippen molar-refractivity contribution in [3.63, 3.8) is 0 Å². The van der Waals surface area contributed by atoms with Crippen LogP contribution >= 0.6 is 0 Å². The van der Waals surface area contributed by atoms with Crippen LogP contribution < -0.4 is 0 Å². The Morgan fingerprint density at radius 3 is 2.00 bits per heavy atom. The summed E-state index contributed by atoms with van der Waals surface area (Å²) in [7, 11) is 0. The monoisotopic (exact) mass is 163 g/mol. The third-order valence-electron chi connectivity index (χ3n) is 1.38. The van der Waals surface area contributed by atoms with Gasteiger partial charge in [-0.15, -0.1) is 0 Å². The quantitative estimate of drug-likeness (QED) is 0.575. The molecule has 0 bridgehead atoms. The van der Waals surface area contributed by atoms with Crippen molar-refractivity contribution in [2.45, 2.75) is 11.8 Å². The van der Waals surface area contributed by atoms with Gasteiger partial charge in [0.2, 0.25) is 0 Å². The molecular formula is C7H6F3O. The van der Waals surface area contributed by atoms with Crippen LogP contribution in [0.1, 0.15) is 0 Å². The molecule has 4 heteroatoms. The highest BCUT2D eigenvalue weighted by molar-refractivity contribution is 5.28. The summed E-state index contributed by atoms with van der Waals surface area (Å²) < 4.78 is 35.9. The van der Waals surface area contributed by atoms with Gasteiger partial charge in [-0.05, 0) is 6.08 Å². The summed E-state index contributed by atoms with van der Waals surface area (Å²) in [5.41, 5.74) is -2.78. The van der Waals surface area contributed by atoms with Crippen LogP contribution in [0.15, 0.2) is 24.3 Å². The van der Waals surface area contributed by atoms with Crippen LogP contribution in [0.25, 0.3) is 0 Å². The summed E-state index contributed by atoms with van der Waals surface area (Å²) in [4.78, 5) is 0. The van der Waals surface area contributed by atoms with Crippen molar-refractivity contribution in [2.24, 2.45) is 0 Å². The van der Waals surface area contributed by atoms with E-state index in [-0.39, 0.29) is 0 Å². The summed E-state index contributed by atoms with van der Waals surface area (Å²) in [5.74, 6) is 0. The number of alkyl halides is 3. The minimum Gasteiger partial charge on any atom is -0.376 e. The SMILES string of the molecule is OC1(C(F)(F)F)[CH]C=CC=C1. The van der Waals surface area contributed by atoms with E-state index in [2.05, 4.69) is 0 Å². The van der Waals surface area contributed by atoms with Gasteiger partial charge in [0.1, 0.15) is 0 Å². The number of aliphatic hydroxyl groups is 1. The molecular weight excluding hydrogens is 157 g/mol. The zero-order chi connectivity index (χ0) is 8.54. The van der Waals surface area contributed by atoms with E-state index in [1.54, 1.807) is 0 Å². The predicted octanol–water partition coefficient (Wildman–Crippen LogP) is 1.61. The van der Waals surface area contributed by atoms with Crippen molar-refractivity contribution in [3.05, 3.63) is 30.7 Å². The molecule has 1 N–H and O–H groups in total. The van der Waals surface area contributed by atoms with Gasteiger partial charge in [-0.1, -0.05) is 18.2 Å². The van der Waals surface area contributed by atoms with Crippen LogP contribution in [0, 0.1) is 6.42 Å². The highest BCUT2D eigenvalue weighted by Crippen LogP contribution is 2.35. The lowest BCUT2D eigenvalue weighted by atomic mass is 9.95. The highest BCUT2D eigenvalue weighted by atomic mass is 19.4. The Morgan fingerprint density at radius 2 is 1.73 bits per heavy atom. The fourth-order valence-corrected chi connectivity index (χ4v) is 0.713. The van der Waals surface area contributed by atoms with Gasteiger partial charge in [0, 0.05) is 6.42 Å². The lowest BCUT2D eigenvalue weighted by molar-refractivity contribution is -0.225. The summed E-state index contributed by atoms with van der Waals surface area (Å²) in [5, 5.41) is 8.89. The van der Waals surface area contributed by atoms with Gasteiger partial charge in [-0.3, -0.25) is 0 Å². The molecule has 1 aliphatic rings. The van der Waals surface area contributed by atoms with Crippen molar-refractivity contribution < 1.29 is 18.3 Å². The van der Waals surface area contributed by atoms with E-state index in [0.29, 0.717) is 12.5 Å². The third kappa shape index (κ3) is 1.45. The second-order valence-electron chi connectivity index (χ2n) is 2.23. The molecule has 0 heterocycles. The lowest BCUT2D eigenvalue weighted by Gasteiger charge is -2.26. The van der Waals surface area contributed by atoms with Crippen LogP contribution in [0.3, 0.4) is 0 Å². The van der Waals surface area contributed by atoms with Crippen LogP contribution in [-0.4, -0.2) is 16.9 Å². The van der Waals surface area contributed by atoms with Gasteiger partial charge in [0.25, 0.3) is 0 Å². The number of hydrogen-bond donors (Lipinski definition) is 1. The Balaban J connectivity index is 2.84. The molecule has 0 spiro atoms. The van der Waals surface area contributed by atoms with E-state index in [1.807, 2.05) is 0 Å². The summed E-state index contributed by atoms with van der Waals surface area (Å²) in [6.45, 7) is 0. The zero-order valence-electron chi connectivity index (χ0n) is 5.47. The molecule has 1 rings (SSSR count). The van der Waals surface area contributed by atoms with Crippen molar-refractivity contribution in [2.75, 3.05) is 0 Å². The maximum Gasteiger partial charge on any atom is 0.421 e. The van der Waals surface area contributed by atoms with Gasteiger partial charge in [-0.2, -0.15) is 13.2 Å². The molecule has 0 aliphatic heterocycles. The van der Waals surface area contributed by atoms with Crippen molar-refractivity contribution in [3.8, 4) is 0 Å². The van der Waals surface area contributed by atoms with Crippen molar-refractivity contribution in [1.29, 1.82) is 0 Å². The standard InChI is InChI=1S/C7H6F3O/c8-7(9,10)6(11)4-2-1-3-5-6/h1-5,11H. The maximum absolute atomic E-state index is 12.0. The highest BCUT2D eigenvalue weighted by Gasteiger charge is 2.51. The molecule has 0 fully saturated rings. The topological polar surface area (TPSA) is 20.2 Å². The molecule has 1 atom stereocenters. The molecule has 1 radical (unpaired) electrons. The Bertz CT molecular complexity index is 204. The van der Waals surface area contributed by atoms with Crippen LogP contribution in [0.2, 0.25) is 0 Å². The fraction of sp³-hybridized carbons (Fsp3) is 0.286. The van der Waals surface area contributed by atoms with Crippen LogP contribution in [-0.2, 0) is 0 Å².